The van der Waals surface area contributed by atoms with Crippen LogP contribution in [0.1, 0.15) is 37.3 Å². The molecular weight excluding hydrogens is 394 g/mol. The highest BCUT2D eigenvalue weighted by atomic mass is 16.6. The Kier molecular flexibility index (Phi) is 11.0. The van der Waals surface area contributed by atoms with Crippen molar-refractivity contribution in [1.82, 2.24) is 10.6 Å². The number of aliphatic carboxylic acids is 1. The average Bonchev–Trinajstić information content (AvgIpc) is 2.71. The number of amides is 2. The third-order valence-corrected chi connectivity index (χ3v) is 3.74. The number of alkyl carbamates (subject to hydrolysis) is 1. The molecular formula is C19H27N5O6. The van der Waals surface area contributed by atoms with Gasteiger partial charge in [0.05, 0.1) is 19.2 Å². The summed E-state index contributed by atoms with van der Waals surface area (Å²) in [6.07, 6.45) is 2.06. The molecule has 2 amide bonds. The monoisotopic (exact) mass is 421 g/mol. The average molecular weight is 421 g/mol. The first-order chi connectivity index (χ1) is 14.3. The van der Waals surface area contributed by atoms with Gasteiger partial charge >= 0.3 is 12.1 Å². The Morgan fingerprint density at radius 1 is 1.27 bits per heavy atom. The number of nitrogens with zero attached hydrogens (tertiary/aromatic N) is 1. The second-order valence-electron chi connectivity index (χ2n) is 6.18. The van der Waals surface area contributed by atoms with Gasteiger partial charge in [0.25, 0.3) is 0 Å². The van der Waals surface area contributed by atoms with Gasteiger partial charge in [0, 0.05) is 12.1 Å². The molecule has 0 saturated heterocycles. The lowest BCUT2D eigenvalue weighted by Crippen LogP contribution is -2.48. The van der Waals surface area contributed by atoms with Crippen LogP contribution >= 0.6 is 0 Å². The fourth-order valence-corrected chi connectivity index (χ4v) is 2.04. The molecule has 11 nitrogen and oxygen atoms in total. The summed E-state index contributed by atoms with van der Waals surface area (Å²) in [5.41, 5.74) is 6.69. The van der Waals surface area contributed by atoms with Crippen LogP contribution < -0.4 is 16.4 Å². The summed E-state index contributed by atoms with van der Waals surface area (Å²) in [4.78, 5) is 39.5. The lowest BCUT2D eigenvalue weighted by molar-refractivity contribution is -0.139. The molecule has 0 bridgehead atoms. The molecule has 0 unspecified atom stereocenters. The van der Waals surface area contributed by atoms with Crippen LogP contribution in [-0.2, 0) is 19.2 Å². The van der Waals surface area contributed by atoms with Crippen molar-refractivity contribution in [3.05, 3.63) is 35.4 Å². The van der Waals surface area contributed by atoms with E-state index in [2.05, 4.69) is 15.8 Å². The number of nitrogen functional groups attached to an aromatic ring is 1. The van der Waals surface area contributed by atoms with Crippen LogP contribution in [0.3, 0.4) is 0 Å². The summed E-state index contributed by atoms with van der Waals surface area (Å²) in [5.74, 6) is -1.78. The van der Waals surface area contributed by atoms with Crippen molar-refractivity contribution in [3.8, 4) is 0 Å². The van der Waals surface area contributed by atoms with Crippen molar-refractivity contribution in [2.75, 3.05) is 19.8 Å². The maximum absolute atomic E-state index is 11.8. The summed E-state index contributed by atoms with van der Waals surface area (Å²) in [5, 5.41) is 24.8. The van der Waals surface area contributed by atoms with E-state index in [1.54, 1.807) is 24.3 Å². The second kappa shape index (κ2) is 13.5. The Morgan fingerprint density at radius 2 is 1.97 bits per heavy atom. The van der Waals surface area contributed by atoms with E-state index in [1.807, 2.05) is 6.92 Å². The maximum atomic E-state index is 11.8. The molecule has 1 atom stereocenters. The van der Waals surface area contributed by atoms with E-state index in [4.69, 9.17) is 25.8 Å². The van der Waals surface area contributed by atoms with Crippen molar-refractivity contribution < 1.29 is 29.1 Å². The SMILES string of the molecule is CCCCOC(=O)N[C@@H](CNC(=O)CCO/N=C/c1ccc(C(=N)N)cc1)C(=O)O. The molecule has 30 heavy (non-hydrogen) atoms. The van der Waals surface area contributed by atoms with Gasteiger partial charge < -0.3 is 31.0 Å². The maximum Gasteiger partial charge on any atom is 0.407 e. The van der Waals surface area contributed by atoms with Gasteiger partial charge in [-0.2, -0.15) is 0 Å². The van der Waals surface area contributed by atoms with Crippen molar-refractivity contribution in [2.45, 2.75) is 32.2 Å². The minimum Gasteiger partial charge on any atom is -0.480 e. The summed E-state index contributed by atoms with van der Waals surface area (Å²) in [6, 6.07) is 5.46. The van der Waals surface area contributed by atoms with Gasteiger partial charge in [-0.05, 0) is 12.0 Å². The molecule has 1 aromatic carbocycles. The van der Waals surface area contributed by atoms with E-state index in [0.717, 1.165) is 12.0 Å². The molecule has 1 rings (SSSR count). The number of oxime groups is 1. The summed E-state index contributed by atoms with van der Waals surface area (Å²) >= 11 is 0. The topological polar surface area (TPSA) is 176 Å². The number of hydrogen-bond acceptors (Lipinski definition) is 7. The minimum absolute atomic E-state index is 0.0158. The van der Waals surface area contributed by atoms with E-state index in [-0.39, 0.29) is 32.0 Å². The van der Waals surface area contributed by atoms with Crippen molar-refractivity contribution in [1.29, 1.82) is 5.41 Å². The van der Waals surface area contributed by atoms with Crippen LogP contribution in [-0.4, -0.2) is 60.9 Å². The third-order valence-electron chi connectivity index (χ3n) is 3.74. The number of carbonyl (C=O) groups is 3. The quantitative estimate of drug-likeness (QED) is 0.135. The highest BCUT2D eigenvalue weighted by Crippen LogP contribution is 2.01. The van der Waals surface area contributed by atoms with E-state index < -0.39 is 24.0 Å². The van der Waals surface area contributed by atoms with Gasteiger partial charge in [-0.3, -0.25) is 10.2 Å². The highest BCUT2D eigenvalue weighted by Gasteiger charge is 2.21. The second-order valence-corrected chi connectivity index (χ2v) is 6.18. The molecule has 11 heteroatoms. The fraction of sp³-hybridized carbons (Fsp3) is 0.421. The number of amidine groups is 1. The normalized spacial score (nSPS) is 11.5. The zero-order chi connectivity index (χ0) is 22.4. The Labute approximate surface area is 174 Å². The molecule has 0 aliphatic carbocycles. The predicted octanol–water partition coefficient (Wildman–Crippen LogP) is 0.807. The van der Waals surface area contributed by atoms with Crippen molar-refractivity contribution in [2.24, 2.45) is 10.9 Å². The van der Waals surface area contributed by atoms with Crippen LogP contribution in [0.25, 0.3) is 0 Å². The molecule has 0 fully saturated rings. The Bertz CT molecular complexity index is 750. The molecule has 0 saturated carbocycles. The predicted molar refractivity (Wildman–Crippen MR) is 109 cm³/mol. The zero-order valence-electron chi connectivity index (χ0n) is 16.7. The Balaban J connectivity index is 2.29. The van der Waals surface area contributed by atoms with Gasteiger partial charge in [0.2, 0.25) is 5.91 Å². The Morgan fingerprint density at radius 3 is 2.57 bits per heavy atom. The van der Waals surface area contributed by atoms with Gasteiger partial charge in [-0.15, -0.1) is 0 Å². The first-order valence-electron chi connectivity index (χ1n) is 9.36. The van der Waals surface area contributed by atoms with E-state index in [0.29, 0.717) is 12.0 Å². The largest absolute Gasteiger partial charge is 0.480 e. The number of unbranched alkanes of at least 4 members (excludes halogenated alkanes) is 1. The van der Waals surface area contributed by atoms with Crippen LogP contribution in [0.2, 0.25) is 0 Å². The number of hydrogen-bond donors (Lipinski definition) is 5. The number of carboxylic acids is 1. The molecule has 164 valence electrons. The molecule has 0 spiro atoms. The number of ether oxygens (including phenoxy) is 1. The highest BCUT2D eigenvalue weighted by molar-refractivity contribution is 5.95. The number of nitrogens with one attached hydrogen (secondary N) is 3. The zero-order valence-corrected chi connectivity index (χ0v) is 16.7. The molecule has 0 aromatic heterocycles. The molecule has 1 aromatic rings. The van der Waals surface area contributed by atoms with Gasteiger partial charge in [-0.25, -0.2) is 9.59 Å². The molecule has 0 heterocycles. The van der Waals surface area contributed by atoms with Crippen LogP contribution in [0.5, 0.6) is 0 Å². The van der Waals surface area contributed by atoms with E-state index in [9.17, 15) is 14.4 Å². The third kappa shape index (κ3) is 10.1. The van der Waals surface area contributed by atoms with E-state index >= 15 is 0 Å². The van der Waals surface area contributed by atoms with Gasteiger partial charge in [-0.1, -0.05) is 42.8 Å². The summed E-state index contributed by atoms with van der Waals surface area (Å²) in [7, 11) is 0. The smallest absolute Gasteiger partial charge is 0.407 e. The lowest BCUT2D eigenvalue weighted by Gasteiger charge is -2.15. The number of carbonyl (C=O) groups excluding carboxylic acids is 2. The lowest BCUT2D eigenvalue weighted by atomic mass is 10.1. The summed E-state index contributed by atoms with van der Waals surface area (Å²) < 4.78 is 4.84. The Hall–Kier alpha value is -3.63. The fourth-order valence-electron chi connectivity index (χ4n) is 2.04. The summed E-state index contributed by atoms with van der Waals surface area (Å²) in [6.45, 7) is 1.82. The number of rotatable bonds is 13. The van der Waals surface area contributed by atoms with E-state index in [1.165, 1.54) is 6.21 Å². The van der Waals surface area contributed by atoms with Crippen molar-refractivity contribution in [3.63, 3.8) is 0 Å². The van der Waals surface area contributed by atoms with Gasteiger partial charge in [0.1, 0.15) is 18.5 Å². The molecule has 6 N–H and O–H groups in total. The minimum atomic E-state index is -1.31. The van der Waals surface area contributed by atoms with Crippen LogP contribution in [0.4, 0.5) is 4.79 Å². The number of carboxylic acid groups (broad SMARTS) is 1. The molecule has 0 radical (unpaired) electrons. The first kappa shape index (κ1) is 24.4. The first-order valence-corrected chi connectivity index (χ1v) is 9.36. The number of benzene rings is 1. The number of nitrogens with two attached hydrogens (primary N) is 1. The molecule has 0 aliphatic heterocycles. The van der Waals surface area contributed by atoms with Gasteiger partial charge in [0.15, 0.2) is 0 Å². The molecule has 0 aliphatic rings. The van der Waals surface area contributed by atoms with Crippen LogP contribution in [0, 0.1) is 5.41 Å². The standard InChI is InChI=1S/C19H27N5O6/c1-2-3-9-29-19(28)24-15(18(26)27)12-22-16(25)8-10-30-23-11-13-4-6-14(7-5-13)17(20)21/h4-7,11,15H,2-3,8-10,12H2,1H3,(H3,20,21)(H,22,25)(H,24,28)(H,26,27)/b23-11+/t15-/m0/s1. The van der Waals surface area contributed by atoms with Crippen molar-refractivity contribution >= 4 is 30.0 Å². The van der Waals surface area contributed by atoms with Crippen LogP contribution in [0.15, 0.2) is 29.4 Å².